The third-order valence-corrected chi connectivity index (χ3v) is 4.81. The van der Waals surface area contributed by atoms with Crippen LogP contribution in [-0.4, -0.2) is 9.96 Å². The monoisotopic (exact) mass is 334 g/mol. The summed E-state index contributed by atoms with van der Waals surface area (Å²) in [5.41, 5.74) is 1.22. The molecule has 0 bridgehead atoms. The molecule has 0 radical (unpaired) electrons. The molecule has 6 heteroatoms. The number of allylic oxidation sites excluding steroid dienone is 1. The summed E-state index contributed by atoms with van der Waals surface area (Å²) in [6.07, 6.45) is 1.77. The van der Waals surface area contributed by atoms with Crippen molar-refractivity contribution in [3.05, 3.63) is 50.9 Å². The van der Waals surface area contributed by atoms with E-state index >= 15 is 0 Å². The average Bonchev–Trinajstić information content (AvgIpc) is 2.55. The normalized spacial score (nSPS) is 15.7. The van der Waals surface area contributed by atoms with Crippen molar-refractivity contribution >= 4 is 27.8 Å². The number of fused-ring (bicyclic) bond motifs is 2. The SMILES string of the molecule is N#CC(C#N)=Cc1cc2cc3c(cc2oc1=O)C#CCCS(=O)C3. The maximum Gasteiger partial charge on any atom is 0.343 e. The largest absolute Gasteiger partial charge is 0.422 e. The predicted molar refractivity (Wildman–Crippen MR) is 89.9 cm³/mol. The van der Waals surface area contributed by atoms with E-state index in [1.807, 2.05) is 0 Å². The Balaban J connectivity index is 2.22. The van der Waals surface area contributed by atoms with Crippen LogP contribution < -0.4 is 5.63 Å². The van der Waals surface area contributed by atoms with E-state index in [-0.39, 0.29) is 11.1 Å². The summed E-state index contributed by atoms with van der Waals surface area (Å²) in [6.45, 7) is 0. The highest BCUT2D eigenvalue weighted by Crippen LogP contribution is 2.22. The molecule has 0 saturated heterocycles. The van der Waals surface area contributed by atoms with Gasteiger partial charge in [0.1, 0.15) is 23.3 Å². The van der Waals surface area contributed by atoms with Gasteiger partial charge >= 0.3 is 5.63 Å². The summed E-state index contributed by atoms with van der Waals surface area (Å²) in [5.74, 6) is 6.91. The average molecular weight is 334 g/mol. The summed E-state index contributed by atoms with van der Waals surface area (Å²) < 4.78 is 17.3. The molecule has 1 aromatic carbocycles. The molecular weight excluding hydrogens is 324 g/mol. The quantitative estimate of drug-likeness (QED) is 0.453. The van der Waals surface area contributed by atoms with Gasteiger partial charge < -0.3 is 4.42 Å². The predicted octanol–water partition coefficient (Wildman–Crippen LogP) is 2.23. The maximum atomic E-state index is 12.0. The minimum absolute atomic E-state index is 0.124. The lowest BCUT2D eigenvalue weighted by molar-refractivity contribution is 0.559. The van der Waals surface area contributed by atoms with E-state index in [1.54, 1.807) is 30.3 Å². The Kier molecular flexibility index (Phi) is 4.29. The Morgan fingerprint density at radius 1 is 1.29 bits per heavy atom. The number of rotatable bonds is 1. The smallest absolute Gasteiger partial charge is 0.343 e. The van der Waals surface area contributed by atoms with Crippen LogP contribution in [-0.2, 0) is 16.6 Å². The van der Waals surface area contributed by atoms with Gasteiger partial charge in [-0.3, -0.25) is 4.21 Å². The summed E-state index contributed by atoms with van der Waals surface area (Å²) >= 11 is 0. The van der Waals surface area contributed by atoms with Crippen molar-refractivity contribution in [2.45, 2.75) is 12.2 Å². The third kappa shape index (κ3) is 3.13. The molecule has 1 aliphatic rings. The molecule has 2 heterocycles. The molecule has 3 rings (SSSR count). The van der Waals surface area contributed by atoms with Gasteiger partial charge in [-0.15, -0.1) is 0 Å². The van der Waals surface area contributed by atoms with Crippen molar-refractivity contribution in [3.8, 4) is 24.0 Å². The van der Waals surface area contributed by atoms with Gasteiger partial charge in [0.25, 0.3) is 0 Å². The number of hydrogen-bond donors (Lipinski definition) is 0. The van der Waals surface area contributed by atoms with Crippen LogP contribution in [0, 0.1) is 34.5 Å². The molecule has 1 aromatic heterocycles. The molecule has 1 atom stereocenters. The fourth-order valence-electron chi connectivity index (χ4n) is 2.38. The minimum atomic E-state index is -0.988. The summed E-state index contributed by atoms with van der Waals surface area (Å²) in [6, 6.07) is 8.44. The third-order valence-electron chi connectivity index (χ3n) is 3.52. The van der Waals surface area contributed by atoms with E-state index in [0.717, 1.165) is 5.56 Å². The molecular formula is C18H10N2O3S. The first-order valence-corrected chi connectivity index (χ1v) is 8.56. The van der Waals surface area contributed by atoms with E-state index in [4.69, 9.17) is 14.9 Å². The summed E-state index contributed by atoms with van der Waals surface area (Å²) in [5, 5.41) is 18.3. The lowest BCUT2D eigenvalue weighted by atomic mass is 10.0. The highest BCUT2D eigenvalue weighted by molar-refractivity contribution is 7.84. The van der Waals surface area contributed by atoms with Gasteiger partial charge in [0.05, 0.1) is 5.56 Å². The van der Waals surface area contributed by atoms with Crippen molar-refractivity contribution in [1.29, 1.82) is 10.5 Å². The van der Waals surface area contributed by atoms with Crippen LogP contribution in [0.15, 0.2) is 33.0 Å². The maximum absolute atomic E-state index is 12.0. The molecule has 24 heavy (non-hydrogen) atoms. The van der Waals surface area contributed by atoms with Crippen LogP contribution in [0.3, 0.4) is 0 Å². The lowest BCUT2D eigenvalue weighted by Crippen LogP contribution is -2.06. The van der Waals surface area contributed by atoms with Gasteiger partial charge in [-0.1, -0.05) is 11.8 Å². The highest BCUT2D eigenvalue weighted by Gasteiger charge is 2.12. The number of benzene rings is 1. The van der Waals surface area contributed by atoms with E-state index in [1.165, 1.54) is 6.08 Å². The second-order valence-electron chi connectivity index (χ2n) is 5.16. The first-order valence-electron chi connectivity index (χ1n) is 7.07. The van der Waals surface area contributed by atoms with Crippen molar-refractivity contribution in [2.75, 3.05) is 5.75 Å². The number of nitrogens with zero attached hydrogens (tertiary/aromatic N) is 2. The molecule has 0 N–H and O–H groups in total. The standard InChI is InChI=1S/C18H10N2O3S/c19-9-12(10-20)5-15-6-14-7-16-11-24(22)4-2-1-3-13(16)8-17(14)23-18(15)21/h5-8H,2,4,11H2. The summed E-state index contributed by atoms with van der Waals surface area (Å²) in [7, 11) is -0.988. The molecule has 0 fully saturated rings. The molecule has 1 aliphatic heterocycles. The van der Waals surface area contributed by atoms with Crippen LogP contribution >= 0.6 is 0 Å². The zero-order chi connectivity index (χ0) is 17.1. The van der Waals surface area contributed by atoms with Crippen molar-refractivity contribution in [2.24, 2.45) is 0 Å². The summed E-state index contributed by atoms with van der Waals surface area (Å²) in [4.78, 5) is 12.0. The minimum Gasteiger partial charge on any atom is -0.422 e. The van der Waals surface area contributed by atoms with Crippen molar-refractivity contribution in [1.82, 2.24) is 0 Å². The van der Waals surface area contributed by atoms with Crippen molar-refractivity contribution in [3.63, 3.8) is 0 Å². The van der Waals surface area contributed by atoms with Gasteiger partial charge in [0.15, 0.2) is 0 Å². The second kappa shape index (κ2) is 6.54. The second-order valence-corrected chi connectivity index (χ2v) is 6.73. The Morgan fingerprint density at radius 3 is 2.83 bits per heavy atom. The molecule has 5 nitrogen and oxygen atoms in total. The van der Waals surface area contributed by atoms with Crippen LogP contribution in [0.1, 0.15) is 23.1 Å². The Morgan fingerprint density at radius 2 is 2.08 bits per heavy atom. The molecule has 0 amide bonds. The molecule has 0 saturated carbocycles. The molecule has 116 valence electrons. The van der Waals surface area contributed by atoms with Gasteiger partial charge in [0.2, 0.25) is 0 Å². The van der Waals surface area contributed by atoms with E-state index in [0.29, 0.717) is 34.5 Å². The van der Waals surface area contributed by atoms with Crippen LogP contribution in [0.4, 0.5) is 0 Å². The number of nitriles is 2. The van der Waals surface area contributed by atoms with Gasteiger partial charge in [-0.25, -0.2) is 4.79 Å². The molecule has 0 aliphatic carbocycles. The van der Waals surface area contributed by atoms with Gasteiger partial charge in [-0.05, 0) is 29.8 Å². The fourth-order valence-corrected chi connectivity index (χ4v) is 3.44. The van der Waals surface area contributed by atoms with Crippen molar-refractivity contribution < 1.29 is 8.63 Å². The fraction of sp³-hybridized carbons (Fsp3) is 0.167. The first kappa shape index (κ1) is 15.7. The number of hydrogen-bond acceptors (Lipinski definition) is 5. The van der Waals surface area contributed by atoms with E-state index in [2.05, 4.69) is 11.8 Å². The van der Waals surface area contributed by atoms with E-state index in [9.17, 15) is 9.00 Å². The topological polar surface area (TPSA) is 94.9 Å². The van der Waals surface area contributed by atoms with Crippen LogP contribution in [0.5, 0.6) is 0 Å². The van der Waals surface area contributed by atoms with Gasteiger partial charge in [0, 0.05) is 39.7 Å². The molecule has 2 aromatic rings. The lowest BCUT2D eigenvalue weighted by Gasteiger charge is -2.09. The Labute approximate surface area is 140 Å². The van der Waals surface area contributed by atoms with Crippen LogP contribution in [0.2, 0.25) is 0 Å². The Bertz CT molecular complexity index is 1090. The molecule has 1 unspecified atom stereocenters. The first-order chi connectivity index (χ1) is 11.6. The zero-order valence-corrected chi connectivity index (χ0v) is 13.3. The van der Waals surface area contributed by atoms with Crippen LogP contribution in [0.25, 0.3) is 17.0 Å². The van der Waals surface area contributed by atoms with E-state index < -0.39 is 16.4 Å². The Hall–Kier alpha value is -3.14. The van der Waals surface area contributed by atoms with Gasteiger partial charge in [-0.2, -0.15) is 10.5 Å². The zero-order valence-electron chi connectivity index (χ0n) is 12.5. The molecule has 0 spiro atoms. The highest BCUT2D eigenvalue weighted by atomic mass is 32.2.